The first-order valence-electron chi connectivity index (χ1n) is 8.97. The van der Waals surface area contributed by atoms with Crippen LogP contribution in [0.25, 0.3) is 0 Å². The molecule has 4 rings (SSSR count). The number of fused-ring (bicyclic) bond motifs is 1. The van der Waals surface area contributed by atoms with Gasteiger partial charge in [-0.05, 0) is 47.7 Å². The molecule has 0 N–H and O–H groups in total. The zero-order valence-corrected chi connectivity index (χ0v) is 17.1. The number of likely N-dealkylation sites (tertiary alicyclic amines) is 1. The van der Waals surface area contributed by atoms with Crippen molar-refractivity contribution in [2.24, 2.45) is 0 Å². The average molecular weight is 406 g/mol. The van der Waals surface area contributed by atoms with Gasteiger partial charge < -0.3 is 4.90 Å². The number of carbonyl (C=O) groups is 1. The summed E-state index contributed by atoms with van der Waals surface area (Å²) in [7, 11) is -0.483. The molecule has 2 aliphatic heterocycles. The quantitative estimate of drug-likeness (QED) is 0.779. The van der Waals surface area contributed by atoms with E-state index in [0.29, 0.717) is 11.6 Å². The second-order valence-electron chi connectivity index (χ2n) is 7.27. The highest BCUT2D eigenvalue weighted by molar-refractivity contribution is 7.89. The minimum Gasteiger partial charge on any atom is -0.335 e. The van der Waals surface area contributed by atoms with Crippen molar-refractivity contribution in [3.8, 4) is 0 Å². The Hall–Kier alpha value is -1.74. The molecule has 1 aromatic heterocycles. The molecule has 0 radical (unpaired) electrons. The van der Waals surface area contributed by atoms with Gasteiger partial charge in [0.2, 0.25) is 10.0 Å². The van der Waals surface area contributed by atoms with Crippen molar-refractivity contribution >= 4 is 27.3 Å². The minimum absolute atomic E-state index is 0.0340. The lowest BCUT2D eigenvalue weighted by Crippen LogP contribution is -2.61. The number of nitrogens with zero attached hydrogens (tertiary/aromatic N) is 3. The zero-order chi connectivity index (χ0) is 19.2. The molecule has 0 saturated carbocycles. The van der Waals surface area contributed by atoms with Gasteiger partial charge in [0, 0.05) is 56.8 Å². The molecule has 1 saturated heterocycles. The predicted molar refractivity (Wildman–Crippen MR) is 105 cm³/mol. The van der Waals surface area contributed by atoms with Crippen molar-refractivity contribution in [3.63, 3.8) is 0 Å². The lowest BCUT2D eigenvalue weighted by Gasteiger charge is -2.46. The highest BCUT2D eigenvalue weighted by Crippen LogP contribution is 2.28. The third-order valence-electron chi connectivity index (χ3n) is 5.38. The van der Waals surface area contributed by atoms with Crippen LogP contribution in [-0.4, -0.2) is 68.2 Å². The molecule has 0 atom stereocenters. The molecule has 3 heterocycles. The zero-order valence-electron chi connectivity index (χ0n) is 15.5. The highest BCUT2D eigenvalue weighted by atomic mass is 32.2. The molecule has 0 bridgehead atoms. The number of sulfonamides is 1. The normalized spacial score (nSPS) is 18.4. The molecule has 1 amide bonds. The van der Waals surface area contributed by atoms with Crippen LogP contribution < -0.4 is 0 Å². The van der Waals surface area contributed by atoms with Crippen LogP contribution in [0, 0.1) is 0 Å². The van der Waals surface area contributed by atoms with E-state index in [1.807, 2.05) is 16.2 Å². The Morgan fingerprint density at radius 1 is 1.15 bits per heavy atom. The van der Waals surface area contributed by atoms with Gasteiger partial charge in [-0.3, -0.25) is 9.69 Å². The Labute approximate surface area is 164 Å². The maximum Gasteiger partial charge on any atom is 0.253 e. The molecule has 0 aliphatic carbocycles. The predicted octanol–water partition coefficient (Wildman–Crippen LogP) is 1.88. The first kappa shape index (κ1) is 18.6. The van der Waals surface area contributed by atoms with Gasteiger partial charge in [0.05, 0.1) is 4.90 Å². The molecule has 1 aromatic carbocycles. The highest BCUT2D eigenvalue weighted by Gasteiger charge is 2.36. The van der Waals surface area contributed by atoms with Gasteiger partial charge in [0.25, 0.3) is 5.91 Å². The maximum atomic E-state index is 12.7. The summed E-state index contributed by atoms with van der Waals surface area (Å²) in [6, 6.07) is 8.83. The monoisotopic (exact) mass is 405 g/mol. The second kappa shape index (κ2) is 7.01. The third kappa shape index (κ3) is 3.42. The summed E-state index contributed by atoms with van der Waals surface area (Å²) in [5, 5.41) is 2.16. The Morgan fingerprint density at radius 2 is 1.85 bits per heavy atom. The van der Waals surface area contributed by atoms with E-state index in [0.717, 1.165) is 32.6 Å². The van der Waals surface area contributed by atoms with Crippen LogP contribution in [0.5, 0.6) is 0 Å². The van der Waals surface area contributed by atoms with Crippen molar-refractivity contribution in [3.05, 3.63) is 51.7 Å². The fourth-order valence-electron chi connectivity index (χ4n) is 3.60. The number of rotatable bonds is 4. The van der Waals surface area contributed by atoms with Crippen LogP contribution in [0.1, 0.15) is 20.8 Å². The van der Waals surface area contributed by atoms with E-state index >= 15 is 0 Å². The standard InChI is InChI=1S/C19H23N3O3S2/c1-20(2)27(24,25)17-5-3-14(4-6-17)19(23)22-12-16(13-22)21-9-7-18-15(11-21)8-10-26-18/h3-6,8,10,16H,7,9,11-13H2,1-2H3. The van der Waals surface area contributed by atoms with Crippen molar-refractivity contribution in [2.45, 2.75) is 23.9 Å². The van der Waals surface area contributed by atoms with Gasteiger partial charge in [0.15, 0.2) is 0 Å². The Bertz CT molecular complexity index is 945. The van der Waals surface area contributed by atoms with Crippen LogP contribution in [0.2, 0.25) is 0 Å². The summed E-state index contributed by atoms with van der Waals surface area (Å²) in [4.78, 5) is 18.6. The Balaban J connectivity index is 1.37. The molecule has 1 fully saturated rings. The van der Waals surface area contributed by atoms with Gasteiger partial charge in [-0.1, -0.05) is 0 Å². The molecule has 2 aromatic rings. The van der Waals surface area contributed by atoms with Gasteiger partial charge in [0.1, 0.15) is 0 Å². The largest absolute Gasteiger partial charge is 0.335 e. The van der Waals surface area contributed by atoms with Crippen LogP contribution >= 0.6 is 11.3 Å². The number of hydrogen-bond acceptors (Lipinski definition) is 5. The van der Waals surface area contributed by atoms with Gasteiger partial charge in [-0.25, -0.2) is 12.7 Å². The fourth-order valence-corrected chi connectivity index (χ4v) is 5.39. The average Bonchev–Trinajstić information content (AvgIpc) is 3.08. The lowest BCUT2D eigenvalue weighted by molar-refractivity contribution is 0.0221. The summed E-state index contributed by atoms with van der Waals surface area (Å²) in [5.74, 6) is -0.0340. The smallest absolute Gasteiger partial charge is 0.253 e. The molecular formula is C19H23N3O3S2. The Kier molecular flexibility index (Phi) is 4.84. The molecule has 8 heteroatoms. The molecule has 27 heavy (non-hydrogen) atoms. The van der Waals surface area contributed by atoms with E-state index in [1.54, 1.807) is 12.1 Å². The molecule has 0 unspecified atom stereocenters. The lowest BCUT2D eigenvalue weighted by atomic mass is 10.0. The van der Waals surface area contributed by atoms with E-state index in [-0.39, 0.29) is 10.8 Å². The molecule has 6 nitrogen and oxygen atoms in total. The number of thiophene rings is 1. The Morgan fingerprint density at radius 3 is 2.52 bits per heavy atom. The van der Waals surface area contributed by atoms with Crippen LogP contribution in [-0.2, 0) is 23.0 Å². The number of carbonyl (C=O) groups excluding carboxylic acids is 1. The van der Waals surface area contributed by atoms with E-state index in [2.05, 4.69) is 16.3 Å². The van der Waals surface area contributed by atoms with Crippen LogP contribution in [0.15, 0.2) is 40.6 Å². The number of amides is 1. The van der Waals surface area contributed by atoms with Crippen molar-refractivity contribution in [2.75, 3.05) is 33.7 Å². The van der Waals surface area contributed by atoms with Crippen molar-refractivity contribution in [1.82, 2.24) is 14.1 Å². The van der Waals surface area contributed by atoms with Crippen molar-refractivity contribution in [1.29, 1.82) is 0 Å². The van der Waals surface area contributed by atoms with E-state index in [9.17, 15) is 13.2 Å². The molecule has 0 spiro atoms. The van der Waals surface area contributed by atoms with Gasteiger partial charge >= 0.3 is 0 Å². The van der Waals surface area contributed by atoms with E-state index < -0.39 is 10.0 Å². The second-order valence-corrected chi connectivity index (χ2v) is 10.4. The van der Waals surface area contributed by atoms with Gasteiger partial charge in [-0.15, -0.1) is 11.3 Å². The van der Waals surface area contributed by atoms with E-state index in [1.165, 1.54) is 41.0 Å². The molecular weight excluding hydrogens is 382 g/mol. The van der Waals surface area contributed by atoms with Crippen LogP contribution in [0.4, 0.5) is 0 Å². The first-order valence-corrected chi connectivity index (χ1v) is 11.3. The number of hydrogen-bond donors (Lipinski definition) is 0. The summed E-state index contributed by atoms with van der Waals surface area (Å²) >= 11 is 1.83. The summed E-state index contributed by atoms with van der Waals surface area (Å²) in [5.41, 5.74) is 1.96. The van der Waals surface area contributed by atoms with Crippen LogP contribution in [0.3, 0.4) is 0 Å². The van der Waals surface area contributed by atoms with Crippen molar-refractivity contribution < 1.29 is 13.2 Å². The SMILES string of the molecule is CN(C)S(=O)(=O)c1ccc(C(=O)N2CC(N3CCc4sccc4C3)C2)cc1. The summed E-state index contributed by atoms with van der Waals surface area (Å²) in [6.45, 7) is 3.49. The maximum absolute atomic E-state index is 12.7. The number of benzene rings is 1. The molecule has 2 aliphatic rings. The van der Waals surface area contributed by atoms with E-state index in [4.69, 9.17) is 0 Å². The summed E-state index contributed by atoms with van der Waals surface area (Å²) < 4.78 is 25.4. The first-order chi connectivity index (χ1) is 12.9. The topological polar surface area (TPSA) is 60.9 Å². The summed E-state index contributed by atoms with van der Waals surface area (Å²) in [6.07, 6.45) is 1.10. The molecule has 144 valence electrons. The third-order valence-corrected chi connectivity index (χ3v) is 8.24. The minimum atomic E-state index is -3.47. The van der Waals surface area contributed by atoms with Gasteiger partial charge in [-0.2, -0.15) is 0 Å². The fraction of sp³-hybridized carbons (Fsp3) is 0.421.